The van der Waals surface area contributed by atoms with Gasteiger partial charge in [-0.2, -0.15) is 0 Å². The van der Waals surface area contributed by atoms with Gasteiger partial charge in [0.2, 0.25) is 5.91 Å². The van der Waals surface area contributed by atoms with Crippen molar-refractivity contribution in [1.82, 2.24) is 5.06 Å². The van der Waals surface area contributed by atoms with E-state index in [-0.39, 0.29) is 5.91 Å². The van der Waals surface area contributed by atoms with Crippen LogP contribution in [0.15, 0.2) is 24.3 Å². The molecule has 0 atom stereocenters. The van der Waals surface area contributed by atoms with Gasteiger partial charge in [0.25, 0.3) is 0 Å². The van der Waals surface area contributed by atoms with Gasteiger partial charge in [-0.15, -0.1) is 0 Å². The molecule has 17 heavy (non-hydrogen) atoms. The third-order valence-electron chi connectivity index (χ3n) is 2.94. The lowest BCUT2D eigenvalue weighted by Gasteiger charge is -2.25. The molecule has 1 aliphatic heterocycles. The van der Waals surface area contributed by atoms with Crippen LogP contribution in [0.3, 0.4) is 0 Å². The second kappa shape index (κ2) is 5.68. The number of nitrogen functional groups attached to an aromatic ring is 1. The molecule has 0 radical (unpaired) electrons. The van der Waals surface area contributed by atoms with Crippen molar-refractivity contribution in [3.63, 3.8) is 0 Å². The molecule has 0 bridgehead atoms. The lowest BCUT2D eigenvalue weighted by atomic mass is 10.1. The molecule has 2 N–H and O–H groups in total. The van der Waals surface area contributed by atoms with Crippen LogP contribution in [-0.2, 0) is 16.1 Å². The van der Waals surface area contributed by atoms with Crippen LogP contribution in [0.2, 0.25) is 0 Å². The average Bonchev–Trinajstić information content (AvgIpc) is 2.38. The Kier molecular flexibility index (Phi) is 3.98. The topological polar surface area (TPSA) is 55.6 Å². The first kappa shape index (κ1) is 11.9. The monoisotopic (exact) mass is 234 g/mol. The average molecular weight is 234 g/mol. The third kappa shape index (κ3) is 3.20. The van der Waals surface area contributed by atoms with Crippen LogP contribution in [0.4, 0.5) is 5.69 Å². The molecule has 1 fully saturated rings. The summed E-state index contributed by atoms with van der Waals surface area (Å²) in [5, 5.41) is 1.49. The van der Waals surface area contributed by atoms with Crippen LogP contribution in [0.1, 0.15) is 24.8 Å². The highest BCUT2D eigenvalue weighted by Crippen LogP contribution is 2.14. The highest BCUT2D eigenvalue weighted by molar-refractivity contribution is 5.75. The Morgan fingerprint density at radius 3 is 2.88 bits per heavy atom. The fourth-order valence-electron chi connectivity index (χ4n) is 1.92. The van der Waals surface area contributed by atoms with E-state index in [1.165, 1.54) is 5.06 Å². The van der Waals surface area contributed by atoms with Gasteiger partial charge in [0.05, 0.1) is 6.61 Å². The Balaban J connectivity index is 1.85. The number of amides is 1. The van der Waals surface area contributed by atoms with E-state index in [4.69, 9.17) is 10.6 Å². The molecule has 0 aliphatic carbocycles. The van der Waals surface area contributed by atoms with Crippen molar-refractivity contribution in [1.29, 1.82) is 0 Å². The summed E-state index contributed by atoms with van der Waals surface area (Å²) in [6.07, 6.45) is 3.19. The minimum Gasteiger partial charge on any atom is -0.399 e. The van der Waals surface area contributed by atoms with Gasteiger partial charge in [-0.3, -0.25) is 9.63 Å². The summed E-state index contributed by atoms with van der Waals surface area (Å²) in [6.45, 7) is 1.36. The maximum absolute atomic E-state index is 11.8. The van der Waals surface area contributed by atoms with Crippen LogP contribution in [0, 0.1) is 0 Å². The molecule has 0 aromatic heterocycles. The highest BCUT2D eigenvalue weighted by Gasteiger charge is 2.17. The minimum absolute atomic E-state index is 0.0490. The van der Waals surface area contributed by atoms with Gasteiger partial charge in [-0.1, -0.05) is 18.2 Å². The SMILES string of the molecule is Nc1ccccc1CCC(=O)N1CCCCO1. The zero-order valence-corrected chi connectivity index (χ0v) is 9.89. The predicted octanol–water partition coefficient (Wildman–Crippen LogP) is 1.76. The molecule has 2 rings (SSSR count). The smallest absolute Gasteiger partial charge is 0.246 e. The van der Waals surface area contributed by atoms with Crippen LogP contribution in [-0.4, -0.2) is 24.1 Å². The van der Waals surface area contributed by atoms with Gasteiger partial charge in [-0.25, -0.2) is 5.06 Å². The Morgan fingerprint density at radius 2 is 2.18 bits per heavy atom. The number of hydrogen-bond acceptors (Lipinski definition) is 3. The summed E-state index contributed by atoms with van der Waals surface area (Å²) in [4.78, 5) is 17.2. The number of anilines is 1. The second-order valence-corrected chi connectivity index (χ2v) is 4.23. The molecule has 1 aliphatic rings. The van der Waals surface area contributed by atoms with Crippen molar-refractivity contribution >= 4 is 11.6 Å². The molecule has 1 heterocycles. The van der Waals surface area contributed by atoms with Gasteiger partial charge in [-0.05, 0) is 30.9 Å². The summed E-state index contributed by atoms with van der Waals surface area (Å²) in [5.74, 6) is 0.0490. The van der Waals surface area contributed by atoms with Crippen molar-refractivity contribution in [3.8, 4) is 0 Å². The van der Waals surface area contributed by atoms with E-state index < -0.39 is 0 Å². The number of benzene rings is 1. The molecule has 0 spiro atoms. The largest absolute Gasteiger partial charge is 0.399 e. The molecule has 4 nitrogen and oxygen atoms in total. The first-order valence-corrected chi connectivity index (χ1v) is 6.04. The molecule has 0 saturated carbocycles. The standard InChI is InChI=1S/C13H18N2O2/c14-12-6-2-1-5-11(12)7-8-13(16)15-9-3-4-10-17-15/h1-2,5-6H,3-4,7-10,14H2. The van der Waals surface area contributed by atoms with Crippen molar-refractivity contribution in [2.75, 3.05) is 18.9 Å². The first-order valence-electron chi connectivity index (χ1n) is 6.04. The van der Waals surface area contributed by atoms with Gasteiger partial charge < -0.3 is 5.73 Å². The summed E-state index contributed by atoms with van der Waals surface area (Å²) < 4.78 is 0. The number of carbonyl (C=O) groups is 1. The van der Waals surface area contributed by atoms with E-state index >= 15 is 0 Å². The third-order valence-corrected chi connectivity index (χ3v) is 2.94. The summed E-state index contributed by atoms with van der Waals surface area (Å²) >= 11 is 0. The molecule has 1 aromatic rings. The van der Waals surface area contributed by atoms with Gasteiger partial charge in [0, 0.05) is 18.7 Å². The van der Waals surface area contributed by atoms with E-state index in [2.05, 4.69) is 0 Å². The van der Waals surface area contributed by atoms with Gasteiger partial charge in [0.1, 0.15) is 0 Å². The quantitative estimate of drug-likeness (QED) is 0.811. The number of para-hydroxylation sites is 1. The van der Waals surface area contributed by atoms with E-state index in [1.54, 1.807) is 0 Å². The first-order chi connectivity index (χ1) is 8.27. The molecule has 4 heteroatoms. The molecule has 92 valence electrons. The van der Waals surface area contributed by atoms with E-state index in [0.717, 1.165) is 24.1 Å². The van der Waals surface area contributed by atoms with Crippen molar-refractivity contribution in [2.24, 2.45) is 0 Å². The number of nitrogens with two attached hydrogens (primary N) is 1. The van der Waals surface area contributed by atoms with Crippen molar-refractivity contribution in [3.05, 3.63) is 29.8 Å². The van der Waals surface area contributed by atoms with E-state index in [9.17, 15) is 4.79 Å². The zero-order chi connectivity index (χ0) is 12.1. The normalized spacial score (nSPS) is 15.9. The Morgan fingerprint density at radius 1 is 1.35 bits per heavy atom. The fraction of sp³-hybridized carbons (Fsp3) is 0.462. The number of hydroxylamine groups is 2. The number of hydrogen-bond donors (Lipinski definition) is 1. The van der Waals surface area contributed by atoms with E-state index in [0.29, 0.717) is 26.0 Å². The number of nitrogens with zero attached hydrogens (tertiary/aromatic N) is 1. The molecule has 1 aromatic carbocycles. The number of carbonyl (C=O) groups excluding carboxylic acids is 1. The minimum atomic E-state index is 0.0490. The summed E-state index contributed by atoms with van der Waals surface area (Å²) in [6, 6.07) is 7.65. The fourth-order valence-corrected chi connectivity index (χ4v) is 1.92. The summed E-state index contributed by atoms with van der Waals surface area (Å²) in [5.41, 5.74) is 7.60. The Labute approximate surface area is 101 Å². The highest BCUT2D eigenvalue weighted by atomic mass is 16.7. The molecule has 1 amide bonds. The van der Waals surface area contributed by atoms with Gasteiger partial charge >= 0.3 is 0 Å². The number of aryl methyl sites for hydroxylation is 1. The number of rotatable bonds is 3. The van der Waals surface area contributed by atoms with Crippen LogP contribution < -0.4 is 5.73 Å². The molecular weight excluding hydrogens is 216 g/mol. The van der Waals surface area contributed by atoms with E-state index in [1.807, 2.05) is 24.3 Å². The lowest BCUT2D eigenvalue weighted by Crippen LogP contribution is -2.35. The lowest BCUT2D eigenvalue weighted by molar-refractivity contribution is -0.197. The Bertz CT molecular complexity index is 387. The van der Waals surface area contributed by atoms with Crippen molar-refractivity contribution < 1.29 is 9.63 Å². The zero-order valence-electron chi connectivity index (χ0n) is 9.89. The molecular formula is C13H18N2O2. The van der Waals surface area contributed by atoms with Crippen LogP contribution in [0.5, 0.6) is 0 Å². The Hall–Kier alpha value is -1.55. The summed E-state index contributed by atoms with van der Waals surface area (Å²) in [7, 11) is 0. The second-order valence-electron chi connectivity index (χ2n) is 4.23. The van der Waals surface area contributed by atoms with Crippen molar-refractivity contribution in [2.45, 2.75) is 25.7 Å². The molecule has 1 saturated heterocycles. The molecule has 0 unspecified atom stereocenters. The maximum Gasteiger partial charge on any atom is 0.246 e. The van der Waals surface area contributed by atoms with Crippen LogP contribution in [0.25, 0.3) is 0 Å². The van der Waals surface area contributed by atoms with Gasteiger partial charge in [0.15, 0.2) is 0 Å². The maximum atomic E-state index is 11.8. The van der Waals surface area contributed by atoms with Crippen LogP contribution >= 0.6 is 0 Å². The predicted molar refractivity (Wildman–Crippen MR) is 66.1 cm³/mol.